The van der Waals surface area contributed by atoms with E-state index in [9.17, 15) is 0 Å². The van der Waals surface area contributed by atoms with Crippen LogP contribution in [0.15, 0.2) is 23.1 Å². The predicted octanol–water partition coefficient (Wildman–Crippen LogP) is 2.92. The number of hydrogen-bond acceptors (Lipinski definition) is 2. The first-order valence-corrected chi connectivity index (χ1v) is 6.23. The topological polar surface area (TPSA) is 26.0 Å². The first kappa shape index (κ1) is 10.1. The van der Waals surface area contributed by atoms with Crippen molar-refractivity contribution in [2.75, 3.05) is 12.3 Å². The van der Waals surface area contributed by atoms with Gasteiger partial charge < -0.3 is 5.73 Å². The Kier molecular flexibility index (Phi) is 3.14. The molecule has 1 aliphatic heterocycles. The van der Waals surface area contributed by atoms with Gasteiger partial charge in [0.15, 0.2) is 0 Å². The van der Waals surface area contributed by atoms with Crippen LogP contribution >= 0.6 is 11.8 Å². The maximum Gasteiger partial charge on any atom is 0.0107 e. The monoisotopic (exact) mass is 207 g/mol. The third kappa shape index (κ3) is 1.96. The fraction of sp³-hybridized carbons (Fsp3) is 0.500. The molecule has 0 amide bonds. The van der Waals surface area contributed by atoms with Gasteiger partial charge >= 0.3 is 0 Å². The lowest BCUT2D eigenvalue weighted by atomic mass is 9.93. The Morgan fingerprint density at radius 3 is 3.14 bits per heavy atom. The van der Waals surface area contributed by atoms with Crippen molar-refractivity contribution in [1.29, 1.82) is 0 Å². The molecule has 0 aromatic heterocycles. The second-order valence-corrected chi connectivity index (χ2v) is 5.10. The average molecular weight is 207 g/mol. The molecule has 0 radical (unpaired) electrons. The molecule has 1 aromatic rings. The Morgan fingerprint density at radius 2 is 2.36 bits per heavy atom. The van der Waals surface area contributed by atoms with Crippen LogP contribution in [0, 0.1) is 6.92 Å². The van der Waals surface area contributed by atoms with Gasteiger partial charge in [-0.1, -0.05) is 17.7 Å². The normalized spacial score (nSPS) is 21.4. The van der Waals surface area contributed by atoms with Crippen LogP contribution in [0.25, 0.3) is 0 Å². The van der Waals surface area contributed by atoms with E-state index in [1.807, 2.05) is 11.8 Å². The smallest absolute Gasteiger partial charge is 0.0107 e. The van der Waals surface area contributed by atoms with Crippen molar-refractivity contribution in [2.24, 2.45) is 5.73 Å². The van der Waals surface area contributed by atoms with E-state index >= 15 is 0 Å². The second-order valence-electron chi connectivity index (χ2n) is 3.96. The third-order valence-electron chi connectivity index (χ3n) is 2.84. The summed E-state index contributed by atoms with van der Waals surface area (Å²) < 4.78 is 0. The van der Waals surface area contributed by atoms with Gasteiger partial charge in [-0.05, 0) is 49.6 Å². The molecule has 0 fully saturated rings. The van der Waals surface area contributed by atoms with Gasteiger partial charge in [-0.2, -0.15) is 0 Å². The maximum atomic E-state index is 5.83. The van der Waals surface area contributed by atoms with Crippen LogP contribution in [0.1, 0.15) is 29.9 Å². The van der Waals surface area contributed by atoms with E-state index in [4.69, 9.17) is 5.73 Å². The van der Waals surface area contributed by atoms with Crippen molar-refractivity contribution in [3.05, 3.63) is 29.3 Å². The molecular formula is C12H17NS. The molecule has 2 heteroatoms. The van der Waals surface area contributed by atoms with Crippen molar-refractivity contribution in [3.63, 3.8) is 0 Å². The van der Waals surface area contributed by atoms with Crippen LogP contribution in [0.4, 0.5) is 0 Å². The van der Waals surface area contributed by atoms with E-state index < -0.39 is 0 Å². The van der Waals surface area contributed by atoms with Crippen LogP contribution in [-0.2, 0) is 0 Å². The molecular weight excluding hydrogens is 190 g/mol. The standard InChI is InChI=1S/C12H17NS/c1-9-4-5-12-11(7-9)10(8-13)3-2-6-14-12/h4-5,7,10H,2-3,6,8,13H2,1H3. The first-order valence-electron chi connectivity index (χ1n) is 5.24. The minimum absolute atomic E-state index is 0.583. The number of benzene rings is 1. The molecule has 1 heterocycles. The van der Waals surface area contributed by atoms with Gasteiger partial charge in [0.1, 0.15) is 0 Å². The Hall–Kier alpha value is -0.470. The maximum absolute atomic E-state index is 5.83. The van der Waals surface area contributed by atoms with Crippen molar-refractivity contribution in [1.82, 2.24) is 0 Å². The number of rotatable bonds is 1. The summed E-state index contributed by atoms with van der Waals surface area (Å²) in [6, 6.07) is 6.76. The summed E-state index contributed by atoms with van der Waals surface area (Å²) in [5.74, 6) is 1.83. The number of fused-ring (bicyclic) bond motifs is 1. The molecule has 76 valence electrons. The Labute approximate surface area is 90.1 Å². The molecule has 1 aliphatic rings. The summed E-state index contributed by atoms with van der Waals surface area (Å²) in [5, 5.41) is 0. The van der Waals surface area contributed by atoms with Crippen molar-refractivity contribution in [3.8, 4) is 0 Å². The van der Waals surface area contributed by atoms with E-state index in [1.165, 1.54) is 34.6 Å². The third-order valence-corrected chi connectivity index (χ3v) is 4.02. The van der Waals surface area contributed by atoms with Crippen LogP contribution in [0.2, 0.25) is 0 Å². The number of thioether (sulfide) groups is 1. The Morgan fingerprint density at radius 1 is 1.50 bits per heavy atom. The van der Waals surface area contributed by atoms with Gasteiger partial charge in [-0.25, -0.2) is 0 Å². The Bertz CT molecular complexity index is 322. The molecule has 14 heavy (non-hydrogen) atoms. The summed E-state index contributed by atoms with van der Waals surface area (Å²) in [6.45, 7) is 2.94. The number of hydrogen-bond donors (Lipinski definition) is 1. The number of nitrogens with two attached hydrogens (primary N) is 1. The summed E-state index contributed by atoms with van der Waals surface area (Å²) in [7, 11) is 0. The molecule has 2 N–H and O–H groups in total. The Balaban J connectivity index is 2.40. The molecule has 2 rings (SSSR count). The minimum atomic E-state index is 0.583. The summed E-state index contributed by atoms with van der Waals surface area (Å²) in [5.41, 5.74) is 8.66. The van der Waals surface area contributed by atoms with Gasteiger partial charge in [0.2, 0.25) is 0 Å². The van der Waals surface area contributed by atoms with Crippen molar-refractivity contribution < 1.29 is 0 Å². The largest absolute Gasteiger partial charge is 0.330 e. The molecule has 1 atom stereocenters. The minimum Gasteiger partial charge on any atom is -0.330 e. The van der Waals surface area contributed by atoms with E-state index in [0.717, 1.165) is 6.54 Å². The number of aryl methyl sites for hydroxylation is 1. The average Bonchev–Trinajstić information content (AvgIpc) is 2.39. The van der Waals surface area contributed by atoms with Crippen LogP contribution < -0.4 is 5.73 Å². The lowest BCUT2D eigenvalue weighted by Crippen LogP contribution is -2.12. The highest BCUT2D eigenvalue weighted by molar-refractivity contribution is 7.99. The molecule has 1 unspecified atom stereocenters. The zero-order valence-electron chi connectivity index (χ0n) is 8.62. The zero-order valence-corrected chi connectivity index (χ0v) is 9.44. The van der Waals surface area contributed by atoms with Gasteiger partial charge in [-0.3, -0.25) is 0 Å². The highest BCUT2D eigenvalue weighted by atomic mass is 32.2. The van der Waals surface area contributed by atoms with E-state index in [2.05, 4.69) is 25.1 Å². The molecule has 0 saturated heterocycles. The molecule has 1 aromatic carbocycles. The summed E-state index contributed by atoms with van der Waals surface area (Å²) in [4.78, 5) is 1.45. The predicted molar refractivity (Wildman–Crippen MR) is 62.9 cm³/mol. The van der Waals surface area contributed by atoms with E-state index in [1.54, 1.807) is 0 Å². The highest BCUT2D eigenvalue weighted by Crippen LogP contribution is 2.35. The van der Waals surface area contributed by atoms with Crippen molar-refractivity contribution >= 4 is 11.8 Å². The van der Waals surface area contributed by atoms with E-state index in [0.29, 0.717) is 5.92 Å². The molecule has 0 bridgehead atoms. The fourth-order valence-electron chi connectivity index (χ4n) is 2.03. The van der Waals surface area contributed by atoms with Crippen LogP contribution in [-0.4, -0.2) is 12.3 Å². The van der Waals surface area contributed by atoms with Crippen molar-refractivity contribution in [2.45, 2.75) is 30.6 Å². The molecule has 0 aliphatic carbocycles. The van der Waals surface area contributed by atoms with E-state index in [-0.39, 0.29) is 0 Å². The lowest BCUT2D eigenvalue weighted by molar-refractivity contribution is 0.623. The summed E-state index contributed by atoms with van der Waals surface area (Å²) >= 11 is 1.98. The molecule has 1 nitrogen and oxygen atoms in total. The van der Waals surface area contributed by atoms with Crippen LogP contribution in [0.5, 0.6) is 0 Å². The van der Waals surface area contributed by atoms with Gasteiger partial charge in [0.05, 0.1) is 0 Å². The molecule has 0 saturated carbocycles. The second kappa shape index (κ2) is 4.37. The zero-order chi connectivity index (χ0) is 9.97. The molecule has 0 spiro atoms. The van der Waals surface area contributed by atoms with Gasteiger partial charge in [0.25, 0.3) is 0 Å². The summed E-state index contributed by atoms with van der Waals surface area (Å²) in [6.07, 6.45) is 2.54. The SMILES string of the molecule is Cc1ccc2c(c1)C(CN)CCCS2. The fourth-order valence-corrected chi connectivity index (χ4v) is 3.12. The lowest BCUT2D eigenvalue weighted by Gasteiger charge is -2.15. The van der Waals surface area contributed by atoms with Gasteiger partial charge in [0, 0.05) is 4.90 Å². The van der Waals surface area contributed by atoms with Gasteiger partial charge in [-0.15, -0.1) is 11.8 Å². The highest BCUT2D eigenvalue weighted by Gasteiger charge is 2.17. The quantitative estimate of drug-likeness (QED) is 0.766. The van der Waals surface area contributed by atoms with Crippen LogP contribution in [0.3, 0.4) is 0 Å². The first-order chi connectivity index (χ1) is 6.81.